The number of amides is 1. The lowest BCUT2D eigenvalue weighted by Crippen LogP contribution is -2.51. The lowest BCUT2D eigenvalue weighted by molar-refractivity contribution is -0.148. The van der Waals surface area contributed by atoms with E-state index in [2.05, 4.69) is 27.8 Å². The summed E-state index contributed by atoms with van der Waals surface area (Å²) in [5.41, 5.74) is 1.29. The van der Waals surface area contributed by atoms with E-state index >= 15 is 0 Å². The SMILES string of the molecule is CSc1cccc(CN2CC(SC3=C(C(=O)O)N4C(=O)CC4C3C)CC2CNS(=O)[O-])c1. The van der Waals surface area contributed by atoms with Gasteiger partial charge in [0.05, 0.1) is 6.04 Å². The Bertz CT molecular complexity index is 972. The summed E-state index contributed by atoms with van der Waals surface area (Å²) < 4.78 is 24.7. The second-order valence-electron chi connectivity index (χ2n) is 8.34. The molecule has 174 valence electrons. The average molecular weight is 497 g/mol. The Balaban J connectivity index is 1.52. The van der Waals surface area contributed by atoms with Gasteiger partial charge in [-0.25, -0.2) is 9.52 Å². The second kappa shape index (κ2) is 9.86. The number of β-lactam (4-membered cyclic amide) rings is 1. The molecule has 0 radical (unpaired) electrons. The van der Waals surface area contributed by atoms with E-state index in [1.54, 1.807) is 23.5 Å². The van der Waals surface area contributed by atoms with Crippen LogP contribution in [-0.2, 0) is 27.4 Å². The molecular formula is C21H26N3O5S3-. The monoisotopic (exact) mass is 496 g/mol. The second-order valence-corrected chi connectivity index (χ2v) is 11.3. The molecule has 32 heavy (non-hydrogen) atoms. The van der Waals surface area contributed by atoms with Gasteiger partial charge in [-0.3, -0.25) is 13.9 Å². The summed E-state index contributed by atoms with van der Waals surface area (Å²) >= 11 is 0.889. The van der Waals surface area contributed by atoms with Gasteiger partial charge in [-0.1, -0.05) is 19.1 Å². The zero-order valence-corrected chi connectivity index (χ0v) is 20.3. The van der Waals surface area contributed by atoms with Crippen LogP contribution in [0.2, 0.25) is 0 Å². The molecule has 5 atom stereocenters. The smallest absolute Gasteiger partial charge is 0.353 e. The van der Waals surface area contributed by atoms with Crippen molar-refractivity contribution < 1.29 is 23.5 Å². The Morgan fingerprint density at radius 3 is 2.84 bits per heavy atom. The van der Waals surface area contributed by atoms with Gasteiger partial charge < -0.3 is 14.6 Å². The molecule has 8 nitrogen and oxygen atoms in total. The Hall–Kier alpha value is -1.37. The number of nitrogens with one attached hydrogen (secondary N) is 1. The Morgan fingerprint density at radius 1 is 1.41 bits per heavy atom. The molecule has 3 aliphatic rings. The van der Waals surface area contributed by atoms with Crippen LogP contribution in [0.3, 0.4) is 0 Å². The summed E-state index contributed by atoms with van der Waals surface area (Å²) in [6.45, 7) is 3.70. The number of rotatable bonds is 9. The van der Waals surface area contributed by atoms with Crippen molar-refractivity contribution in [1.29, 1.82) is 0 Å². The molecule has 1 amide bonds. The first kappa shape index (κ1) is 23.8. The van der Waals surface area contributed by atoms with Gasteiger partial charge in [-0.15, -0.1) is 23.5 Å². The summed E-state index contributed by atoms with van der Waals surface area (Å²) in [4.78, 5) is 29.6. The van der Waals surface area contributed by atoms with Crippen molar-refractivity contribution in [2.75, 3.05) is 19.3 Å². The maximum Gasteiger partial charge on any atom is 0.353 e. The lowest BCUT2D eigenvalue weighted by atomic mass is 9.94. The molecule has 4 rings (SSSR count). The van der Waals surface area contributed by atoms with Gasteiger partial charge in [-0.2, -0.15) is 0 Å². The first-order valence-corrected chi connectivity index (χ1v) is 13.6. The van der Waals surface area contributed by atoms with Crippen LogP contribution in [0.4, 0.5) is 0 Å². The van der Waals surface area contributed by atoms with Gasteiger partial charge in [0.15, 0.2) is 0 Å². The number of likely N-dealkylation sites (tertiary alicyclic amines) is 1. The third-order valence-electron chi connectivity index (χ3n) is 6.39. The number of hydrogen-bond acceptors (Lipinski definition) is 7. The van der Waals surface area contributed by atoms with Crippen LogP contribution < -0.4 is 4.72 Å². The number of hydrogen-bond donors (Lipinski definition) is 2. The van der Waals surface area contributed by atoms with Crippen LogP contribution in [0.25, 0.3) is 0 Å². The molecule has 0 bridgehead atoms. The topological polar surface area (TPSA) is 113 Å². The zero-order valence-electron chi connectivity index (χ0n) is 17.9. The molecule has 1 aromatic rings. The number of thioether (sulfide) groups is 2. The number of fused-ring (bicyclic) bond motifs is 1. The third-order valence-corrected chi connectivity index (χ3v) is 9.01. The Morgan fingerprint density at radius 2 is 2.19 bits per heavy atom. The summed E-state index contributed by atoms with van der Waals surface area (Å²) in [7, 11) is 0. The van der Waals surface area contributed by atoms with Gasteiger partial charge >= 0.3 is 5.97 Å². The fourth-order valence-electron chi connectivity index (χ4n) is 4.79. The number of aliphatic carboxylic acids is 1. The predicted octanol–water partition coefficient (Wildman–Crippen LogP) is 2.02. The van der Waals surface area contributed by atoms with Crippen LogP contribution in [0.5, 0.6) is 0 Å². The van der Waals surface area contributed by atoms with Crippen molar-refractivity contribution in [3.05, 3.63) is 40.4 Å². The van der Waals surface area contributed by atoms with Crippen molar-refractivity contribution >= 4 is 46.7 Å². The summed E-state index contributed by atoms with van der Waals surface area (Å²) in [5, 5.41) is 9.87. The van der Waals surface area contributed by atoms with E-state index in [0.717, 1.165) is 16.9 Å². The highest BCUT2D eigenvalue weighted by molar-refractivity contribution is 8.03. The molecule has 3 heterocycles. The number of carbonyl (C=O) groups is 2. The van der Waals surface area contributed by atoms with Gasteiger partial charge in [0.2, 0.25) is 5.91 Å². The predicted molar refractivity (Wildman–Crippen MR) is 124 cm³/mol. The van der Waals surface area contributed by atoms with E-state index in [9.17, 15) is 23.5 Å². The van der Waals surface area contributed by atoms with E-state index in [1.807, 2.05) is 19.2 Å². The standard InChI is InChI=1S/C21H27N3O5S3/c1-12-17-8-18(25)24(17)19(21(26)27)20(12)31-16-7-14(9-22-32(28)29)23(11-16)10-13-4-3-5-15(6-13)30-2/h3-6,12,14,16-17,22H,7-11H2,1-2H3,(H,26,27)(H,28,29)/p-1. The molecule has 5 unspecified atom stereocenters. The van der Waals surface area contributed by atoms with E-state index in [4.69, 9.17) is 0 Å². The maximum atomic E-state index is 12.0. The van der Waals surface area contributed by atoms with Crippen LogP contribution >= 0.6 is 23.5 Å². The number of carboxylic acid groups (broad SMARTS) is 1. The largest absolute Gasteiger partial charge is 0.760 e. The van der Waals surface area contributed by atoms with Crippen LogP contribution in [0.15, 0.2) is 39.8 Å². The summed E-state index contributed by atoms with van der Waals surface area (Å²) in [6.07, 6.45) is 3.16. The van der Waals surface area contributed by atoms with Gasteiger partial charge in [0, 0.05) is 64.3 Å². The van der Waals surface area contributed by atoms with E-state index in [0.29, 0.717) is 26.1 Å². The molecule has 0 saturated carbocycles. The maximum absolute atomic E-state index is 12.0. The number of nitrogens with zero attached hydrogens (tertiary/aromatic N) is 2. The van der Waals surface area contributed by atoms with Crippen molar-refractivity contribution in [2.24, 2.45) is 5.92 Å². The van der Waals surface area contributed by atoms with Crippen molar-refractivity contribution in [2.45, 2.75) is 48.5 Å². The van der Waals surface area contributed by atoms with Gasteiger partial charge in [0.1, 0.15) is 5.70 Å². The van der Waals surface area contributed by atoms with E-state index < -0.39 is 17.2 Å². The minimum Gasteiger partial charge on any atom is -0.760 e. The average Bonchev–Trinajstić information content (AvgIpc) is 3.22. The highest BCUT2D eigenvalue weighted by atomic mass is 32.2. The fourth-order valence-corrected chi connectivity index (χ4v) is 7.22. The quantitative estimate of drug-likeness (QED) is 0.303. The number of benzene rings is 1. The molecule has 0 aromatic heterocycles. The fraction of sp³-hybridized carbons (Fsp3) is 0.524. The van der Waals surface area contributed by atoms with Crippen LogP contribution in [0, 0.1) is 5.92 Å². The molecule has 2 fully saturated rings. The third kappa shape index (κ3) is 4.78. The van der Waals surface area contributed by atoms with Gasteiger partial charge in [0.25, 0.3) is 0 Å². The first-order chi connectivity index (χ1) is 15.3. The van der Waals surface area contributed by atoms with Crippen molar-refractivity contribution in [1.82, 2.24) is 14.5 Å². The molecular weight excluding hydrogens is 470 g/mol. The minimum atomic E-state index is -2.33. The molecule has 0 spiro atoms. The van der Waals surface area contributed by atoms with Gasteiger partial charge in [-0.05, 0) is 30.4 Å². The van der Waals surface area contributed by atoms with Crippen molar-refractivity contribution in [3.63, 3.8) is 0 Å². The lowest BCUT2D eigenvalue weighted by Gasteiger charge is -2.37. The first-order valence-electron chi connectivity index (χ1n) is 10.4. The molecule has 1 aromatic carbocycles. The molecule has 3 aliphatic heterocycles. The minimum absolute atomic E-state index is 0.00170. The molecule has 11 heteroatoms. The Kier molecular flexibility index (Phi) is 7.33. The van der Waals surface area contributed by atoms with E-state index in [1.165, 1.54) is 9.80 Å². The molecule has 2 saturated heterocycles. The normalized spacial score (nSPS) is 28.7. The number of carboxylic acids is 1. The highest BCUT2D eigenvalue weighted by Gasteiger charge is 2.52. The van der Waals surface area contributed by atoms with Crippen molar-refractivity contribution in [3.8, 4) is 0 Å². The zero-order chi connectivity index (χ0) is 23.0. The highest BCUT2D eigenvalue weighted by Crippen LogP contribution is 2.49. The summed E-state index contributed by atoms with van der Waals surface area (Å²) in [6, 6.07) is 8.24. The molecule has 2 N–H and O–H groups in total. The van der Waals surface area contributed by atoms with Crippen LogP contribution in [0.1, 0.15) is 25.3 Å². The Labute approximate surface area is 198 Å². The van der Waals surface area contributed by atoms with E-state index in [-0.39, 0.29) is 34.9 Å². The molecule has 0 aliphatic carbocycles. The summed E-state index contributed by atoms with van der Waals surface area (Å²) in [5.74, 6) is -1.18. The number of carbonyl (C=O) groups excluding carboxylic acids is 1. The van der Waals surface area contributed by atoms with Crippen LogP contribution in [-0.4, -0.2) is 72.2 Å².